The lowest BCUT2D eigenvalue weighted by atomic mass is 9.96. The molecular formula is C56H63F3N2O13. The van der Waals surface area contributed by atoms with Gasteiger partial charge in [0.1, 0.15) is 35.8 Å². The zero-order chi connectivity index (χ0) is 52.7. The van der Waals surface area contributed by atoms with E-state index >= 15 is 0 Å². The Kier molecular flexibility index (Phi) is 19.6. The minimum atomic E-state index is -5.20. The van der Waals surface area contributed by atoms with E-state index in [2.05, 4.69) is 10.6 Å². The van der Waals surface area contributed by atoms with E-state index < -0.39 is 91.0 Å². The first-order chi connectivity index (χ1) is 35.5. The molecule has 0 aliphatic carbocycles. The van der Waals surface area contributed by atoms with Gasteiger partial charge in [-0.05, 0) is 67.6 Å². The summed E-state index contributed by atoms with van der Waals surface area (Å²) in [6, 6.07) is 41.2. The molecule has 5 aromatic rings. The third-order valence-corrected chi connectivity index (χ3v) is 12.0. The summed E-state index contributed by atoms with van der Waals surface area (Å²) in [5.74, 6) is -2.70. The Labute approximate surface area is 428 Å². The fourth-order valence-electron chi connectivity index (χ4n) is 8.45. The monoisotopic (exact) mass is 1030 g/mol. The number of hydrogen-bond donors (Lipinski definition) is 2. The molecule has 74 heavy (non-hydrogen) atoms. The number of methoxy groups -OCH3 is 1. The lowest BCUT2D eigenvalue weighted by Crippen LogP contribution is -2.64. The predicted molar refractivity (Wildman–Crippen MR) is 263 cm³/mol. The van der Waals surface area contributed by atoms with Crippen LogP contribution in [-0.2, 0) is 78.6 Å². The molecule has 2 heterocycles. The quantitative estimate of drug-likeness (QED) is 0.0669. The van der Waals surface area contributed by atoms with Crippen LogP contribution in [0.3, 0.4) is 0 Å². The van der Waals surface area contributed by atoms with Gasteiger partial charge in [-0.25, -0.2) is 9.59 Å². The summed E-state index contributed by atoms with van der Waals surface area (Å²) in [5.41, 5.74) is 2.79. The van der Waals surface area contributed by atoms with Crippen molar-refractivity contribution in [2.75, 3.05) is 13.7 Å². The van der Waals surface area contributed by atoms with Gasteiger partial charge in [0.2, 0.25) is 6.29 Å². The molecule has 2 aliphatic rings. The van der Waals surface area contributed by atoms with E-state index in [-0.39, 0.29) is 45.2 Å². The minimum Gasteiger partial charge on any atom is -0.467 e. The summed E-state index contributed by atoms with van der Waals surface area (Å²) < 4.78 is 105. The number of benzene rings is 5. The normalized spacial score (nSPS) is 23.5. The first-order valence-corrected chi connectivity index (χ1v) is 24.3. The molecule has 2 aliphatic heterocycles. The number of carbonyl (C=O) groups is 3. The summed E-state index contributed by atoms with van der Waals surface area (Å²) in [7, 11) is 1.19. The lowest BCUT2D eigenvalue weighted by molar-refractivity contribution is -0.344. The van der Waals surface area contributed by atoms with E-state index in [4.69, 9.17) is 47.4 Å². The molecule has 5 aromatic carbocycles. The highest BCUT2D eigenvalue weighted by atomic mass is 19.4. The number of esters is 1. The Morgan fingerprint density at radius 1 is 0.649 bits per heavy atom. The van der Waals surface area contributed by atoms with Gasteiger partial charge < -0.3 is 58.0 Å². The summed E-state index contributed by atoms with van der Waals surface area (Å²) in [4.78, 5) is 38.5. The van der Waals surface area contributed by atoms with Crippen LogP contribution in [0, 0.1) is 0 Å². The Morgan fingerprint density at radius 3 is 1.65 bits per heavy atom. The molecule has 0 radical (unpaired) electrons. The number of amides is 2. The second-order valence-electron chi connectivity index (χ2n) is 18.8. The van der Waals surface area contributed by atoms with Crippen LogP contribution in [-0.4, -0.2) is 98.7 Å². The first-order valence-electron chi connectivity index (χ1n) is 24.3. The van der Waals surface area contributed by atoms with Gasteiger partial charge in [0.05, 0.1) is 52.3 Å². The molecule has 0 saturated carbocycles. The summed E-state index contributed by atoms with van der Waals surface area (Å²) >= 11 is 0. The van der Waals surface area contributed by atoms with Crippen LogP contribution in [0.5, 0.6) is 5.75 Å². The molecule has 0 spiro atoms. The van der Waals surface area contributed by atoms with E-state index in [1.807, 2.05) is 121 Å². The number of alkyl carbamates (subject to hydrolysis) is 1. The van der Waals surface area contributed by atoms with Gasteiger partial charge in [-0.3, -0.25) is 4.79 Å². The molecule has 2 N–H and O–H groups in total. The van der Waals surface area contributed by atoms with Crippen LogP contribution in [0.1, 0.15) is 68.0 Å². The summed E-state index contributed by atoms with van der Waals surface area (Å²) in [6.45, 7) is 7.07. The first kappa shape index (κ1) is 55.4. The van der Waals surface area contributed by atoms with Crippen LogP contribution in [0.25, 0.3) is 0 Å². The average molecular weight is 1030 g/mol. The number of hydrogen-bond acceptors (Lipinski definition) is 13. The molecule has 15 nitrogen and oxygen atoms in total. The van der Waals surface area contributed by atoms with Crippen molar-refractivity contribution in [1.82, 2.24) is 10.6 Å². The largest absolute Gasteiger partial charge is 0.471 e. The molecule has 18 heteroatoms. The molecule has 0 aromatic heterocycles. The van der Waals surface area contributed by atoms with Crippen LogP contribution in [0.2, 0.25) is 0 Å². The molecule has 2 amide bonds. The van der Waals surface area contributed by atoms with Crippen molar-refractivity contribution >= 4 is 18.0 Å². The molecule has 10 atom stereocenters. The molecule has 2 saturated heterocycles. The van der Waals surface area contributed by atoms with E-state index in [1.54, 1.807) is 52.0 Å². The molecule has 0 bridgehead atoms. The highest BCUT2D eigenvalue weighted by molar-refractivity contribution is 5.83. The fourth-order valence-corrected chi connectivity index (χ4v) is 8.45. The standard InChI is InChI=1S/C56H63F3N2O13/c1-36-47(67-32-38-20-12-7-13-21-38)43(60-53(63)56(57,58)59)30-45(70-36)73-50-49(69-34-40-24-16-9-17-25-40)48(68-33-39-22-14-8-15-23-39)44(35-66-31-37-18-10-6-11-19-37)72-52(50)71-42-28-26-41(27-29-42)46(51(62)65-5)61-54(64)74-55(2,3)4/h6-29,36,43-50,52H,30-35H2,1-5H3,(H,60,63)(H,61,64)/t36-,43-,44+,45-,46?,47-,48+,49-,50+,52+/m0/s1. The number of ether oxygens (including phenoxy) is 10. The van der Waals surface area contributed by atoms with Crippen molar-refractivity contribution in [2.45, 2.75) is 134 Å². The second-order valence-corrected chi connectivity index (χ2v) is 18.8. The van der Waals surface area contributed by atoms with Gasteiger partial charge in [0.15, 0.2) is 18.4 Å². The van der Waals surface area contributed by atoms with Crippen LogP contribution >= 0.6 is 0 Å². The zero-order valence-electron chi connectivity index (χ0n) is 41.8. The lowest BCUT2D eigenvalue weighted by Gasteiger charge is -2.48. The zero-order valence-corrected chi connectivity index (χ0v) is 41.8. The predicted octanol–water partition coefficient (Wildman–Crippen LogP) is 9.07. The van der Waals surface area contributed by atoms with Crippen LogP contribution < -0.4 is 15.4 Å². The highest BCUT2D eigenvalue weighted by Gasteiger charge is 2.52. The third kappa shape index (κ3) is 16.3. The molecule has 1 unspecified atom stereocenters. The van der Waals surface area contributed by atoms with Crippen molar-refractivity contribution in [3.8, 4) is 5.75 Å². The van der Waals surface area contributed by atoms with Gasteiger partial charge in [0, 0.05) is 6.42 Å². The maximum Gasteiger partial charge on any atom is 0.471 e. The maximum absolute atomic E-state index is 13.9. The van der Waals surface area contributed by atoms with Gasteiger partial charge >= 0.3 is 24.1 Å². The van der Waals surface area contributed by atoms with Crippen molar-refractivity contribution < 1.29 is 74.9 Å². The van der Waals surface area contributed by atoms with Crippen molar-refractivity contribution in [3.63, 3.8) is 0 Å². The Morgan fingerprint density at radius 2 is 1.15 bits per heavy atom. The number of carbonyl (C=O) groups excluding carboxylic acids is 3. The van der Waals surface area contributed by atoms with Crippen molar-refractivity contribution in [2.24, 2.45) is 0 Å². The molecule has 396 valence electrons. The van der Waals surface area contributed by atoms with Gasteiger partial charge in [0.25, 0.3) is 0 Å². The Hall–Kier alpha value is -6.38. The number of rotatable bonds is 21. The van der Waals surface area contributed by atoms with Crippen LogP contribution in [0.15, 0.2) is 146 Å². The smallest absolute Gasteiger partial charge is 0.467 e. The number of alkyl halides is 3. The third-order valence-electron chi connectivity index (χ3n) is 12.0. The number of nitrogens with one attached hydrogen (secondary N) is 2. The fraction of sp³-hybridized carbons (Fsp3) is 0.411. The minimum absolute atomic E-state index is 0.0227. The summed E-state index contributed by atoms with van der Waals surface area (Å²) in [6.07, 6.45) is -15.1. The van der Waals surface area contributed by atoms with E-state index in [0.717, 1.165) is 22.3 Å². The Bertz CT molecular complexity index is 2500. The highest BCUT2D eigenvalue weighted by Crippen LogP contribution is 2.36. The molecule has 7 rings (SSSR count). The number of halogens is 3. The van der Waals surface area contributed by atoms with Gasteiger partial charge in [-0.1, -0.05) is 133 Å². The topological polar surface area (TPSA) is 168 Å². The van der Waals surface area contributed by atoms with E-state index in [1.165, 1.54) is 7.11 Å². The van der Waals surface area contributed by atoms with Gasteiger partial charge in [-0.15, -0.1) is 0 Å². The summed E-state index contributed by atoms with van der Waals surface area (Å²) in [5, 5.41) is 4.70. The second kappa shape index (κ2) is 26.2. The van der Waals surface area contributed by atoms with Crippen LogP contribution in [0.4, 0.5) is 18.0 Å². The van der Waals surface area contributed by atoms with Crippen molar-refractivity contribution in [1.29, 1.82) is 0 Å². The molecular weight excluding hydrogens is 966 g/mol. The maximum atomic E-state index is 13.9. The Balaban J connectivity index is 1.25. The SMILES string of the molecule is COC(=O)C(NC(=O)OC(C)(C)C)c1ccc(O[C@@H]2O[C@H](COCc3ccccc3)[C@@H](OCc3ccccc3)[C@H](OCc3ccccc3)[C@H]2O[C@H]2C[C@H](NC(=O)C(F)(F)F)[C@@H](OCc3ccccc3)[C@H](C)O2)cc1. The van der Waals surface area contributed by atoms with E-state index in [9.17, 15) is 27.6 Å². The molecule has 2 fully saturated rings. The van der Waals surface area contributed by atoms with Gasteiger partial charge in [-0.2, -0.15) is 13.2 Å². The average Bonchev–Trinajstić information content (AvgIpc) is 3.38. The van der Waals surface area contributed by atoms with E-state index in [0.29, 0.717) is 5.56 Å². The van der Waals surface area contributed by atoms with Crippen molar-refractivity contribution in [3.05, 3.63) is 173 Å².